The van der Waals surface area contributed by atoms with E-state index in [4.69, 9.17) is 16.3 Å². The zero-order valence-corrected chi connectivity index (χ0v) is 11.2. The molecule has 114 valence electrons. The monoisotopic (exact) mass is 332 g/mol. The Hall–Kier alpha value is -2.42. The summed E-state index contributed by atoms with van der Waals surface area (Å²) in [6, 6.07) is 5.89. The Balaban J connectivity index is 2.01. The van der Waals surface area contributed by atoms with Crippen molar-refractivity contribution in [2.45, 2.75) is 6.18 Å². The van der Waals surface area contributed by atoms with Crippen molar-refractivity contribution in [2.24, 2.45) is 0 Å². The first-order valence-electron chi connectivity index (χ1n) is 5.77. The van der Waals surface area contributed by atoms with E-state index in [2.05, 4.69) is 15.3 Å². The molecule has 0 spiro atoms. The number of rotatable bonds is 2. The van der Waals surface area contributed by atoms with Gasteiger partial charge in [-0.25, -0.2) is 4.39 Å². The highest BCUT2D eigenvalue weighted by Gasteiger charge is 2.37. The fourth-order valence-electron chi connectivity index (χ4n) is 1.67. The first-order valence-corrected chi connectivity index (χ1v) is 6.15. The van der Waals surface area contributed by atoms with Crippen molar-refractivity contribution in [1.82, 2.24) is 19.8 Å². The second kappa shape index (κ2) is 5.09. The molecule has 0 aliphatic heterocycles. The molecule has 0 radical (unpaired) electrons. The molecule has 0 saturated carbocycles. The standard InChI is InChI=1S/C12H5ClF4N4O/c13-7-5-6(14)1-2-8(7)22-10-4-3-9-18-19-11(12(15,16)17)21(9)20-10/h1-5H. The topological polar surface area (TPSA) is 52.3 Å². The predicted molar refractivity (Wildman–Crippen MR) is 67.3 cm³/mol. The average Bonchev–Trinajstić information content (AvgIpc) is 2.85. The summed E-state index contributed by atoms with van der Waals surface area (Å²) in [5, 5.41) is 10.0. The van der Waals surface area contributed by atoms with Crippen LogP contribution in [0.5, 0.6) is 11.6 Å². The van der Waals surface area contributed by atoms with Gasteiger partial charge in [0.15, 0.2) is 5.65 Å². The lowest BCUT2D eigenvalue weighted by molar-refractivity contribution is -0.146. The summed E-state index contributed by atoms with van der Waals surface area (Å²) in [5.74, 6) is -1.97. The summed E-state index contributed by atoms with van der Waals surface area (Å²) in [6.07, 6.45) is -4.71. The first kappa shape index (κ1) is 14.5. The number of aromatic nitrogens is 4. The van der Waals surface area contributed by atoms with Crippen molar-refractivity contribution in [3.63, 3.8) is 0 Å². The number of halogens is 5. The van der Waals surface area contributed by atoms with E-state index in [1.807, 2.05) is 0 Å². The van der Waals surface area contributed by atoms with Gasteiger partial charge in [0.25, 0.3) is 5.82 Å². The first-order chi connectivity index (χ1) is 10.3. The second-order valence-corrected chi connectivity index (χ2v) is 4.55. The smallest absolute Gasteiger partial charge is 0.436 e. The van der Waals surface area contributed by atoms with Crippen LogP contribution in [-0.2, 0) is 6.18 Å². The molecular formula is C12H5ClF4N4O. The third-order valence-electron chi connectivity index (χ3n) is 2.60. The third-order valence-corrected chi connectivity index (χ3v) is 2.90. The van der Waals surface area contributed by atoms with Crippen molar-refractivity contribution in [3.8, 4) is 11.6 Å². The van der Waals surface area contributed by atoms with Crippen LogP contribution in [0.1, 0.15) is 5.82 Å². The summed E-state index contributed by atoms with van der Waals surface area (Å²) in [7, 11) is 0. The molecule has 3 aromatic rings. The van der Waals surface area contributed by atoms with E-state index >= 15 is 0 Å². The molecule has 10 heteroatoms. The fourth-order valence-corrected chi connectivity index (χ4v) is 1.88. The fraction of sp³-hybridized carbons (Fsp3) is 0.0833. The molecule has 5 nitrogen and oxygen atoms in total. The molecule has 0 aliphatic carbocycles. The van der Waals surface area contributed by atoms with Gasteiger partial charge in [-0.3, -0.25) is 0 Å². The van der Waals surface area contributed by atoms with Gasteiger partial charge in [0.05, 0.1) is 5.02 Å². The minimum atomic E-state index is -4.71. The third kappa shape index (κ3) is 2.67. The van der Waals surface area contributed by atoms with Gasteiger partial charge in [-0.15, -0.1) is 15.3 Å². The molecule has 0 unspecified atom stereocenters. The van der Waals surface area contributed by atoms with Gasteiger partial charge in [-0.05, 0) is 24.3 Å². The Bertz CT molecular complexity index is 849. The average molecular weight is 333 g/mol. The minimum absolute atomic E-state index is 0.0401. The predicted octanol–water partition coefficient (Wildman–Crippen LogP) is 3.73. The Morgan fingerprint density at radius 2 is 1.86 bits per heavy atom. The normalized spacial score (nSPS) is 11.9. The van der Waals surface area contributed by atoms with E-state index in [1.54, 1.807) is 0 Å². The van der Waals surface area contributed by atoms with E-state index in [-0.39, 0.29) is 22.3 Å². The van der Waals surface area contributed by atoms with Crippen LogP contribution in [0, 0.1) is 5.82 Å². The summed E-state index contributed by atoms with van der Waals surface area (Å²) in [6.45, 7) is 0. The quantitative estimate of drug-likeness (QED) is 0.671. The van der Waals surface area contributed by atoms with E-state index in [9.17, 15) is 17.6 Å². The van der Waals surface area contributed by atoms with E-state index < -0.39 is 17.8 Å². The van der Waals surface area contributed by atoms with Gasteiger partial charge in [-0.2, -0.15) is 17.7 Å². The van der Waals surface area contributed by atoms with Crippen molar-refractivity contribution < 1.29 is 22.3 Å². The Morgan fingerprint density at radius 1 is 1.09 bits per heavy atom. The highest BCUT2D eigenvalue weighted by atomic mass is 35.5. The van der Waals surface area contributed by atoms with Crippen molar-refractivity contribution in [2.75, 3.05) is 0 Å². The number of nitrogens with zero attached hydrogens (tertiary/aromatic N) is 4. The van der Waals surface area contributed by atoms with Crippen LogP contribution in [0.4, 0.5) is 17.6 Å². The number of fused-ring (bicyclic) bond motifs is 1. The zero-order valence-electron chi connectivity index (χ0n) is 10.5. The van der Waals surface area contributed by atoms with Crippen LogP contribution in [0.15, 0.2) is 30.3 Å². The lowest BCUT2D eigenvalue weighted by Crippen LogP contribution is -2.12. The van der Waals surface area contributed by atoms with Gasteiger partial charge in [0, 0.05) is 6.07 Å². The summed E-state index contributed by atoms with van der Waals surface area (Å²) < 4.78 is 57.0. The highest BCUT2D eigenvalue weighted by molar-refractivity contribution is 6.32. The van der Waals surface area contributed by atoms with Gasteiger partial charge >= 0.3 is 6.18 Å². The van der Waals surface area contributed by atoms with Crippen LogP contribution in [0.3, 0.4) is 0 Å². The number of alkyl halides is 3. The molecule has 1 aromatic carbocycles. The zero-order chi connectivity index (χ0) is 15.9. The Morgan fingerprint density at radius 3 is 2.55 bits per heavy atom. The Labute approximate surface area is 125 Å². The largest absolute Gasteiger partial charge is 0.453 e. The lowest BCUT2D eigenvalue weighted by Gasteiger charge is -2.08. The minimum Gasteiger partial charge on any atom is -0.436 e. The van der Waals surface area contributed by atoms with Crippen LogP contribution in [0.2, 0.25) is 5.02 Å². The van der Waals surface area contributed by atoms with E-state index in [0.29, 0.717) is 4.52 Å². The number of hydrogen-bond acceptors (Lipinski definition) is 4. The van der Waals surface area contributed by atoms with Crippen LogP contribution in [-0.4, -0.2) is 19.8 Å². The molecule has 3 rings (SSSR count). The SMILES string of the molecule is Fc1ccc(Oc2ccc3nnc(C(F)(F)F)n3n2)c(Cl)c1. The lowest BCUT2D eigenvalue weighted by atomic mass is 10.3. The molecule has 2 heterocycles. The molecule has 0 amide bonds. The Kier molecular flexibility index (Phi) is 3.36. The number of ether oxygens (including phenoxy) is 1. The van der Waals surface area contributed by atoms with Gasteiger partial charge in [0.2, 0.25) is 5.88 Å². The number of hydrogen-bond donors (Lipinski definition) is 0. The maximum atomic E-state index is 12.9. The number of benzene rings is 1. The summed E-state index contributed by atoms with van der Waals surface area (Å²) >= 11 is 5.78. The summed E-state index contributed by atoms with van der Waals surface area (Å²) in [5.41, 5.74) is -0.0927. The highest BCUT2D eigenvalue weighted by Crippen LogP contribution is 2.30. The molecule has 0 saturated heterocycles. The van der Waals surface area contributed by atoms with E-state index in [1.165, 1.54) is 18.2 Å². The second-order valence-electron chi connectivity index (χ2n) is 4.14. The summed E-state index contributed by atoms with van der Waals surface area (Å²) in [4.78, 5) is 0. The van der Waals surface area contributed by atoms with Gasteiger partial charge in [-0.1, -0.05) is 11.6 Å². The van der Waals surface area contributed by atoms with Crippen LogP contribution >= 0.6 is 11.6 Å². The molecule has 0 aliphatic rings. The van der Waals surface area contributed by atoms with Gasteiger partial charge < -0.3 is 4.74 Å². The van der Waals surface area contributed by atoms with Crippen LogP contribution in [0.25, 0.3) is 5.65 Å². The molecule has 0 fully saturated rings. The molecule has 22 heavy (non-hydrogen) atoms. The van der Waals surface area contributed by atoms with Crippen molar-refractivity contribution in [3.05, 3.63) is 47.0 Å². The van der Waals surface area contributed by atoms with Crippen molar-refractivity contribution in [1.29, 1.82) is 0 Å². The van der Waals surface area contributed by atoms with Crippen molar-refractivity contribution >= 4 is 17.2 Å². The molecule has 0 N–H and O–H groups in total. The molecule has 2 aromatic heterocycles. The maximum absolute atomic E-state index is 12.9. The molecule has 0 bridgehead atoms. The molecular weight excluding hydrogens is 328 g/mol. The van der Waals surface area contributed by atoms with Gasteiger partial charge in [0.1, 0.15) is 11.6 Å². The molecule has 0 atom stereocenters. The van der Waals surface area contributed by atoms with Crippen LogP contribution < -0.4 is 4.74 Å². The maximum Gasteiger partial charge on any atom is 0.453 e. The van der Waals surface area contributed by atoms with E-state index in [0.717, 1.165) is 12.1 Å².